The summed E-state index contributed by atoms with van der Waals surface area (Å²) in [6.45, 7) is 3.11. The van der Waals surface area contributed by atoms with Crippen LogP contribution in [0.4, 0.5) is 0 Å². The number of hydrogen-bond acceptors (Lipinski definition) is 3. The van der Waals surface area contributed by atoms with E-state index >= 15 is 0 Å². The third-order valence-electron chi connectivity index (χ3n) is 3.40. The molecule has 0 spiro atoms. The van der Waals surface area contributed by atoms with Gasteiger partial charge in [0.1, 0.15) is 6.10 Å². The maximum atomic E-state index is 11.7. The Morgan fingerprint density at radius 2 is 2.07 bits per heavy atom. The van der Waals surface area contributed by atoms with Crippen molar-refractivity contribution in [3.63, 3.8) is 0 Å². The second-order valence-electron chi connectivity index (χ2n) is 4.48. The molecule has 0 aromatic carbocycles. The largest absolute Gasteiger partial charge is 0.462 e. The van der Waals surface area contributed by atoms with E-state index in [9.17, 15) is 4.79 Å². The number of esters is 1. The summed E-state index contributed by atoms with van der Waals surface area (Å²) < 4.78 is 5.42. The predicted octanol–water partition coefficient (Wildman–Crippen LogP) is 1.47. The van der Waals surface area contributed by atoms with Crippen LogP contribution < -0.4 is 5.32 Å². The van der Waals surface area contributed by atoms with Crippen LogP contribution in [0.2, 0.25) is 0 Å². The molecule has 2 unspecified atom stereocenters. The fourth-order valence-corrected chi connectivity index (χ4v) is 2.11. The lowest BCUT2D eigenvalue weighted by Crippen LogP contribution is -2.44. The van der Waals surface area contributed by atoms with Gasteiger partial charge < -0.3 is 10.1 Å². The molecule has 0 aromatic heterocycles. The predicted molar refractivity (Wildman–Crippen MR) is 53.9 cm³/mol. The Hall–Kier alpha value is -0.570. The van der Waals surface area contributed by atoms with Crippen LogP contribution in [0.5, 0.6) is 0 Å². The molecule has 1 N–H and O–H groups in total. The molecule has 3 nitrogen and oxygen atoms in total. The van der Waals surface area contributed by atoms with Crippen LogP contribution in [0.25, 0.3) is 0 Å². The van der Waals surface area contributed by atoms with Crippen molar-refractivity contribution in [3.8, 4) is 0 Å². The molecule has 0 bridgehead atoms. The lowest BCUT2D eigenvalue weighted by Gasteiger charge is -2.32. The Morgan fingerprint density at radius 1 is 1.29 bits per heavy atom. The molecule has 1 aliphatic carbocycles. The molecule has 0 aromatic rings. The van der Waals surface area contributed by atoms with Crippen molar-refractivity contribution in [1.82, 2.24) is 5.32 Å². The van der Waals surface area contributed by atoms with Gasteiger partial charge in [0.2, 0.25) is 0 Å². The molecule has 1 heterocycles. The van der Waals surface area contributed by atoms with Crippen molar-refractivity contribution in [2.45, 2.75) is 51.2 Å². The summed E-state index contributed by atoms with van der Waals surface area (Å²) in [7, 11) is 0. The van der Waals surface area contributed by atoms with Gasteiger partial charge in [-0.25, -0.2) is 0 Å². The van der Waals surface area contributed by atoms with E-state index in [1.165, 1.54) is 6.42 Å². The average molecular weight is 197 g/mol. The van der Waals surface area contributed by atoms with Gasteiger partial charge in [-0.3, -0.25) is 4.79 Å². The standard InChI is InChI=1S/C11H19NO2/c1-8-10(6-3-7-12-8)11(13)14-9-4-2-5-9/h8-10,12H,2-7H2,1H3. The first-order valence-electron chi connectivity index (χ1n) is 5.71. The Balaban J connectivity index is 1.82. The smallest absolute Gasteiger partial charge is 0.310 e. The van der Waals surface area contributed by atoms with Crippen LogP contribution in [0, 0.1) is 5.92 Å². The van der Waals surface area contributed by atoms with Crippen molar-refractivity contribution >= 4 is 5.97 Å². The highest BCUT2D eigenvalue weighted by molar-refractivity contribution is 5.73. The summed E-state index contributed by atoms with van der Waals surface area (Å²) in [5.74, 6) is 0.110. The first kappa shape index (κ1) is 9.97. The molecular formula is C11H19NO2. The van der Waals surface area contributed by atoms with Crippen molar-refractivity contribution in [2.24, 2.45) is 5.92 Å². The number of carbonyl (C=O) groups excluding carboxylic acids is 1. The van der Waals surface area contributed by atoms with Gasteiger partial charge in [0.05, 0.1) is 5.92 Å². The summed E-state index contributed by atoms with van der Waals surface area (Å²) in [6, 6.07) is 0.288. The normalized spacial score (nSPS) is 33.5. The number of hydrogen-bond donors (Lipinski definition) is 1. The molecule has 2 aliphatic rings. The molecule has 1 aliphatic heterocycles. The zero-order valence-corrected chi connectivity index (χ0v) is 8.79. The van der Waals surface area contributed by atoms with Crippen LogP contribution >= 0.6 is 0 Å². The van der Waals surface area contributed by atoms with Crippen LogP contribution in [0.15, 0.2) is 0 Å². The molecule has 2 rings (SSSR count). The van der Waals surface area contributed by atoms with E-state index in [4.69, 9.17) is 4.74 Å². The maximum absolute atomic E-state index is 11.7. The number of ether oxygens (including phenoxy) is 1. The highest BCUT2D eigenvalue weighted by Crippen LogP contribution is 2.25. The topological polar surface area (TPSA) is 38.3 Å². The first-order valence-corrected chi connectivity index (χ1v) is 5.71. The Bertz CT molecular complexity index is 213. The van der Waals surface area contributed by atoms with Crippen LogP contribution in [0.3, 0.4) is 0 Å². The molecule has 2 fully saturated rings. The Kier molecular flexibility index (Phi) is 3.06. The minimum absolute atomic E-state index is 0.0226. The highest BCUT2D eigenvalue weighted by Gasteiger charge is 2.31. The van der Waals surface area contributed by atoms with E-state index in [2.05, 4.69) is 12.2 Å². The summed E-state index contributed by atoms with van der Waals surface area (Å²) >= 11 is 0. The van der Waals surface area contributed by atoms with Crippen molar-refractivity contribution < 1.29 is 9.53 Å². The van der Waals surface area contributed by atoms with Crippen molar-refractivity contribution in [1.29, 1.82) is 0 Å². The molecule has 2 atom stereocenters. The summed E-state index contributed by atoms with van der Waals surface area (Å²) in [6.07, 6.45) is 5.67. The van der Waals surface area contributed by atoms with Gasteiger partial charge in [0.25, 0.3) is 0 Å². The molecule has 0 radical (unpaired) electrons. The van der Waals surface area contributed by atoms with Crippen molar-refractivity contribution in [2.75, 3.05) is 6.54 Å². The zero-order chi connectivity index (χ0) is 9.97. The van der Waals surface area contributed by atoms with Gasteiger partial charge >= 0.3 is 5.97 Å². The molecule has 0 amide bonds. The molecular weight excluding hydrogens is 178 g/mol. The number of piperidine rings is 1. The van der Waals surface area contributed by atoms with Gasteiger partial charge in [-0.1, -0.05) is 0 Å². The Labute approximate surface area is 85.2 Å². The molecule has 14 heavy (non-hydrogen) atoms. The van der Waals surface area contributed by atoms with Gasteiger partial charge in [-0.05, 0) is 45.6 Å². The molecule has 80 valence electrons. The fraction of sp³-hybridized carbons (Fsp3) is 0.909. The van der Waals surface area contributed by atoms with E-state index in [1.807, 2.05) is 0 Å². The molecule has 3 heteroatoms. The molecule has 1 saturated carbocycles. The minimum atomic E-state index is 0.0226. The number of rotatable bonds is 2. The molecule has 1 saturated heterocycles. The third-order valence-corrected chi connectivity index (χ3v) is 3.40. The summed E-state index contributed by atoms with van der Waals surface area (Å²) in [5.41, 5.74) is 0. The maximum Gasteiger partial charge on any atom is 0.310 e. The monoisotopic (exact) mass is 197 g/mol. The van der Waals surface area contributed by atoms with Crippen molar-refractivity contribution in [3.05, 3.63) is 0 Å². The van der Waals surface area contributed by atoms with Gasteiger partial charge in [0.15, 0.2) is 0 Å². The SMILES string of the molecule is CC1NCCCC1C(=O)OC1CCC1. The third kappa shape index (κ3) is 2.08. The van der Waals surface area contributed by atoms with E-state index in [0.29, 0.717) is 0 Å². The quantitative estimate of drug-likeness (QED) is 0.681. The highest BCUT2D eigenvalue weighted by atomic mass is 16.5. The average Bonchev–Trinajstić information content (AvgIpc) is 2.12. The lowest BCUT2D eigenvalue weighted by atomic mass is 9.91. The van der Waals surface area contributed by atoms with Crippen LogP contribution in [-0.4, -0.2) is 24.7 Å². The number of carbonyl (C=O) groups is 1. The van der Waals surface area contributed by atoms with Gasteiger partial charge in [-0.15, -0.1) is 0 Å². The Morgan fingerprint density at radius 3 is 2.64 bits per heavy atom. The fourth-order valence-electron chi connectivity index (χ4n) is 2.11. The first-order chi connectivity index (χ1) is 6.77. The van der Waals surface area contributed by atoms with E-state index in [0.717, 1.165) is 32.2 Å². The second-order valence-corrected chi connectivity index (χ2v) is 4.48. The number of nitrogens with one attached hydrogen (secondary N) is 1. The second kappa shape index (κ2) is 4.30. The van der Waals surface area contributed by atoms with E-state index < -0.39 is 0 Å². The summed E-state index contributed by atoms with van der Waals surface area (Å²) in [4.78, 5) is 11.7. The van der Waals surface area contributed by atoms with Gasteiger partial charge in [0, 0.05) is 6.04 Å². The van der Waals surface area contributed by atoms with Gasteiger partial charge in [-0.2, -0.15) is 0 Å². The van der Waals surface area contributed by atoms with E-state index in [1.54, 1.807) is 0 Å². The van der Waals surface area contributed by atoms with Crippen LogP contribution in [0.1, 0.15) is 39.0 Å². The minimum Gasteiger partial charge on any atom is -0.462 e. The zero-order valence-electron chi connectivity index (χ0n) is 8.79. The lowest BCUT2D eigenvalue weighted by molar-refractivity contribution is -0.159. The van der Waals surface area contributed by atoms with Crippen LogP contribution in [-0.2, 0) is 9.53 Å². The summed E-state index contributed by atoms with van der Waals surface area (Å²) in [5, 5.41) is 3.32. The van der Waals surface area contributed by atoms with E-state index in [-0.39, 0.29) is 24.0 Å².